The van der Waals surface area contributed by atoms with Crippen molar-refractivity contribution in [2.45, 2.75) is 0 Å². The number of thiophene rings is 1. The molecule has 0 aliphatic carbocycles. The summed E-state index contributed by atoms with van der Waals surface area (Å²) in [5, 5.41) is 15.2. The van der Waals surface area contributed by atoms with E-state index in [1.54, 1.807) is 5.38 Å². The van der Waals surface area contributed by atoms with Crippen molar-refractivity contribution < 1.29 is 24.0 Å². The SMILES string of the molecule is NC(=O)c1ccsc1NC(=O)COC(=O)c1cc(Cl)ccc1[N+](=O)[O-]. The van der Waals surface area contributed by atoms with E-state index in [1.807, 2.05) is 0 Å². The third-order valence-electron chi connectivity index (χ3n) is 2.89. The van der Waals surface area contributed by atoms with Crippen molar-refractivity contribution in [3.8, 4) is 0 Å². The summed E-state index contributed by atoms with van der Waals surface area (Å²) < 4.78 is 4.76. The Hall–Kier alpha value is -2.98. The van der Waals surface area contributed by atoms with Gasteiger partial charge in [-0.2, -0.15) is 0 Å². The summed E-state index contributed by atoms with van der Waals surface area (Å²) in [5.74, 6) is -2.53. The van der Waals surface area contributed by atoms with Gasteiger partial charge < -0.3 is 15.8 Å². The normalized spacial score (nSPS) is 10.1. The maximum atomic E-state index is 12.0. The molecule has 0 aliphatic rings. The minimum Gasteiger partial charge on any atom is -0.452 e. The molecular formula is C14H10ClN3O6S. The number of hydrogen-bond donors (Lipinski definition) is 2. The van der Waals surface area contributed by atoms with Gasteiger partial charge in [0, 0.05) is 11.1 Å². The number of nitrogens with zero attached hydrogens (tertiary/aromatic N) is 1. The number of anilines is 1. The lowest BCUT2D eigenvalue weighted by molar-refractivity contribution is -0.385. The third-order valence-corrected chi connectivity index (χ3v) is 3.96. The van der Waals surface area contributed by atoms with Crippen LogP contribution in [0.2, 0.25) is 5.02 Å². The summed E-state index contributed by atoms with van der Waals surface area (Å²) in [6.45, 7) is -0.710. The summed E-state index contributed by atoms with van der Waals surface area (Å²) in [6.07, 6.45) is 0. The van der Waals surface area contributed by atoms with Crippen LogP contribution in [0.5, 0.6) is 0 Å². The number of hydrogen-bond acceptors (Lipinski definition) is 7. The van der Waals surface area contributed by atoms with Crippen LogP contribution in [0.4, 0.5) is 10.7 Å². The van der Waals surface area contributed by atoms with Gasteiger partial charge in [0.1, 0.15) is 10.6 Å². The van der Waals surface area contributed by atoms with Gasteiger partial charge in [-0.15, -0.1) is 11.3 Å². The van der Waals surface area contributed by atoms with Crippen molar-refractivity contribution in [1.29, 1.82) is 0 Å². The summed E-state index contributed by atoms with van der Waals surface area (Å²) in [6, 6.07) is 4.82. The molecule has 1 heterocycles. The highest BCUT2D eigenvalue weighted by Gasteiger charge is 2.23. The zero-order valence-electron chi connectivity index (χ0n) is 12.4. The number of primary amides is 1. The fourth-order valence-corrected chi connectivity index (χ4v) is 2.78. The number of carbonyl (C=O) groups is 3. The minimum absolute atomic E-state index is 0.103. The Kier molecular flexibility index (Phi) is 5.67. The van der Waals surface area contributed by atoms with E-state index >= 15 is 0 Å². The fraction of sp³-hybridized carbons (Fsp3) is 0.0714. The van der Waals surface area contributed by atoms with Gasteiger partial charge in [-0.1, -0.05) is 11.6 Å². The van der Waals surface area contributed by atoms with Crippen LogP contribution >= 0.6 is 22.9 Å². The highest BCUT2D eigenvalue weighted by Crippen LogP contribution is 2.24. The molecule has 0 radical (unpaired) electrons. The predicted molar refractivity (Wildman–Crippen MR) is 89.9 cm³/mol. The number of nitro groups is 1. The molecule has 0 saturated carbocycles. The van der Waals surface area contributed by atoms with E-state index in [9.17, 15) is 24.5 Å². The van der Waals surface area contributed by atoms with E-state index in [0.29, 0.717) is 0 Å². The highest BCUT2D eigenvalue weighted by atomic mass is 35.5. The largest absolute Gasteiger partial charge is 0.452 e. The first-order valence-electron chi connectivity index (χ1n) is 6.58. The second-order valence-electron chi connectivity index (χ2n) is 4.57. The van der Waals surface area contributed by atoms with Crippen LogP contribution in [0.25, 0.3) is 0 Å². The molecule has 1 aromatic carbocycles. The molecule has 0 spiro atoms. The molecule has 0 fully saturated rings. The molecule has 0 bridgehead atoms. The van der Waals surface area contributed by atoms with Crippen LogP contribution in [-0.2, 0) is 9.53 Å². The zero-order valence-corrected chi connectivity index (χ0v) is 13.9. The number of nitrogens with two attached hydrogens (primary N) is 1. The first-order chi connectivity index (χ1) is 11.8. The van der Waals surface area contributed by atoms with Crippen LogP contribution in [0.3, 0.4) is 0 Å². The quantitative estimate of drug-likeness (QED) is 0.445. The Morgan fingerprint density at radius 3 is 2.64 bits per heavy atom. The van der Waals surface area contributed by atoms with Gasteiger partial charge in [0.05, 0.1) is 10.5 Å². The van der Waals surface area contributed by atoms with Crippen LogP contribution in [0.15, 0.2) is 29.6 Å². The Morgan fingerprint density at radius 1 is 1.28 bits per heavy atom. The Balaban J connectivity index is 2.04. The summed E-state index contributed by atoms with van der Waals surface area (Å²) in [5.41, 5.74) is 4.40. The van der Waals surface area contributed by atoms with Crippen molar-refractivity contribution >= 4 is 51.4 Å². The molecule has 0 unspecified atom stereocenters. The van der Waals surface area contributed by atoms with Crippen molar-refractivity contribution in [1.82, 2.24) is 0 Å². The highest BCUT2D eigenvalue weighted by molar-refractivity contribution is 7.14. The monoisotopic (exact) mass is 383 g/mol. The second kappa shape index (κ2) is 7.73. The number of nitrogens with one attached hydrogen (secondary N) is 1. The minimum atomic E-state index is -1.08. The van der Waals surface area contributed by atoms with E-state index in [0.717, 1.165) is 23.5 Å². The average molecular weight is 384 g/mol. The molecular weight excluding hydrogens is 374 g/mol. The fourth-order valence-electron chi connectivity index (χ4n) is 1.80. The van der Waals surface area contributed by atoms with Crippen LogP contribution in [-0.4, -0.2) is 29.3 Å². The van der Waals surface area contributed by atoms with Gasteiger partial charge in [0.2, 0.25) is 0 Å². The number of halogens is 1. The molecule has 0 atom stereocenters. The molecule has 1 aromatic heterocycles. The number of benzene rings is 1. The lowest BCUT2D eigenvalue weighted by atomic mass is 10.2. The number of ether oxygens (including phenoxy) is 1. The molecule has 25 heavy (non-hydrogen) atoms. The van der Waals surface area contributed by atoms with E-state index in [4.69, 9.17) is 22.1 Å². The standard InChI is InChI=1S/C14H10ClN3O6S/c15-7-1-2-10(18(22)23)9(5-7)14(21)24-6-11(19)17-13-8(12(16)20)3-4-25-13/h1-5H,6H2,(H2,16,20)(H,17,19). The van der Waals surface area contributed by atoms with Crippen molar-refractivity contribution in [3.05, 3.63) is 55.9 Å². The smallest absolute Gasteiger partial charge is 0.345 e. The number of esters is 1. The molecule has 130 valence electrons. The van der Waals surface area contributed by atoms with Crippen LogP contribution < -0.4 is 11.1 Å². The van der Waals surface area contributed by atoms with Gasteiger partial charge in [-0.25, -0.2) is 4.79 Å². The van der Waals surface area contributed by atoms with Gasteiger partial charge in [0.15, 0.2) is 6.61 Å². The molecule has 11 heteroatoms. The van der Waals surface area contributed by atoms with E-state index < -0.39 is 35.0 Å². The Labute approximate surface area is 149 Å². The molecule has 2 aromatic rings. The Morgan fingerprint density at radius 2 is 2.00 bits per heavy atom. The third kappa shape index (κ3) is 4.52. The first-order valence-corrected chi connectivity index (χ1v) is 7.83. The molecule has 0 aliphatic heterocycles. The molecule has 3 N–H and O–H groups in total. The van der Waals surface area contributed by atoms with Crippen molar-refractivity contribution in [2.75, 3.05) is 11.9 Å². The van der Waals surface area contributed by atoms with Crippen LogP contribution in [0.1, 0.15) is 20.7 Å². The molecule has 9 nitrogen and oxygen atoms in total. The first kappa shape index (κ1) is 18.4. The van der Waals surface area contributed by atoms with Gasteiger partial charge in [-0.05, 0) is 23.6 Å². The van der Waals surface area contributed by atoms with Crippen molar-refractivity contribution in [2.24, 2.45) is 5.73 Å². The van der Waals surface area contributed by atoms with Gasteiger partial charge in [0.25, 0.3) is 17.5 Å². The lowest BCUT2D eigenvalue weighted by Crippen LogP contribution is -2.22. The molecule has 0 saturated heterocycles. The average Bonchev–Trinajstić information content (AvgIpc) is 3.00. The summed E-state index contributed by atoms with van der Waals surface area (Å²) >= 11 is 6.78. The van der Waals surface area contributed by atoms with Gasteiger partial charge >= 0.3 is 5.97 Å². The van der Waals surface area contributed by atoms with E-state index in [2.05, 4.69) is 5.32 Å². The Bertz CT molecular complexity index is 866. The maximum absolute atomic E-state index is 12.0. The summed E-state index contributed by atoms with van der Waals surface area (Å²) in [7, 11) is 0. The van der Waals surface area contributed by atoms with E-state index in [-0.39, 0.29) is 21.2 Å². The van der Waals surface area contributed by atoms with Crippen LogP contribution in [0, 0.1) is 10.1 Å². The number of carbonyl (C=O) groups excluding carboxylic acids is 3. The summed E-state index contributed by atoms with van der Waals surface area (Å²) in [4.78, 5) is 45.1. The maximum Gasteiger partial charge on any atom is 0.345 e. The number of rotatable bonds is 6. The number of nitro benzene ring substituents is 1. The number of amides is 2. The second-order valence-corrected chi connectivity index (χ2v) is 5.92. The zero-order chi connectivity index (χ0) is 18.6. The van der Waals surface area contributed by atoms with Gasteiger partial charge in [-0.3, -0.25) is 19.7 Å². The topological polar surface area (TPSA) is 142 Å². The van der Waals surface area contributed by atoms with E-state index in [1.165, 1.54) is 12.1 Å². The molecule has 2 rings (SSSR count). The molecule has 2 amide bonds. The predicted octanol–water partition coefficient (Wildman–Crippen LogP) is 2.20. The van der Waals surface area contributed by atoms with Crippen molar-refractivity contribution in [3.63, 3.8) is 0 Å². The lowest BCUT2D eigenvalue weighted by Gasteiger charge is -2.07.